The molecule has 2 amide bonds. The molecule has 6 N–H and O–H groups in total. The highest BCUT2D eigenvalue weighted by molar-refractivity contribution is 5.74. The molecule has 1 saturated carbocycles. The van der Waals surface area contributed by atoms with Crippen LogP contribution in [0.4, 0.5) is 4.79 Å². The molecule has 3 fully saturated rings. The molecule has 162 valence electrons. The minimum absolute atomic E-state index is 0.0668. The maximum absolute atomic E-state index is 12.5. The van der Waals surface area contributed by atoms with E-state index in [1.54, 1.807) is 0 Å². The lowest BCUT2D eigenvalue weighted by Crippen LogP contribution is -2.68. The lowest BCUT2D eigenvalue weighted by atomic mass is 9.73. The molecular weight excluding hydrogens is 354 g/mol. The smallest absolute Gasteiger partial charge is 0.317 e. The van der Waals surface area contributed by atoms with Crippen molar-refractivity contribution in [1.29, 1.82) is 0 Å². The second-order valence-electron chi connectivity index (χ2n) is 9.21. The van der Waals surface area contributed by atoms with E-state index in [0.29, 0.717) is 12.1 Å². The van der Waals surface area contributed by atoms with Crippen LogP contribution >= 0.6 is 0 Å². The largest absolute Gasteiger partial charge is 0.335 e. The van der Waals surface area contributed by atoms with Crippen LogP contribution in [0.2, 0.25) is 0 Å². The molecule has 2 aliphatic heterocycles. The summed E-state index contributed by atoms with van der Waals surface area (Å²) in [6.07, 6.45) is 6.81. The van der Waals surface area contributed by atoms with Gasteiger partial charge in [0.15, 0.2) is 0 Å². The van der Waals surface area contributed by atoms with Crippen LogP contribution in [0.1, 0.15) is 45.4 Å². The Hall–Kier alpha value is -0.930. The first-order chi connectivity index (χ1) is 13.5. The summed E-state index contributed by atoms with van der Waals surface area (Å²) >= 11 is 0. The fraction of sp³-hybridized carbons (Fsp3) is 0.950. The Morgan fingerprint density at radius 3 is 2.75 bits per heavy atom. The minimum atomic E-state index is -0.203. The van der Waals surface area contributed by atoms with E-state index in [9.17, 15) is 4.79 Å². The molecule has 0 spiro atoms. The van der Waals surface area contributed by atoms with Gasteiger partial charge in [-0.2, -0.15) is 0 Å². The fourth-order valence-electron chi connectivity index (χ4n) is 4.93. The number of carbonyl (C=O) groups is 1. The summed E-state index contributed by atoms with van der Waals surface area (Å²) in [5.41, 5.74) is 0. The molecule has 0 aromatic carbocycles. The van der Waals surface area contributed by atoms with E-state index in [2.05, 4.69) is 57.8 Å². The zero-order valence-corrected chi connectivity index (χ0v) is 17.9. The van der Waals surface area contributed by atoms with Gasteiger partial charge in [-0.1, -0.05) is 0 Å². The van der Waals surface area contributed by atoms with Crippen molar-refractivity contribution in [2.24, 2.45) is 11.8 Å². The van der Waals surface area contributed by atoms with Crippen molar-refractivity contribution in [3.63, 3.8) is 0 Å². The number of carbonyl (C=O) groups excluding carboxylic acids is 1. The van der Waals surface area contributed by atoms with Gasteiger partial charge in [0.1, 0.15) is 6.29 Å². The summed E-state index contributed by atoms with van der Waals surface area (Å²) in [5.74, 6) is 1.57. The Balaban J connectivity index is 1.38. The van der Waals surface area contributed by atoms with Gasteiger partial charge in [0.05, 0.1) is 6.17 Å². The molecule has 3 aliphatic rings. The first kappa shape index (κ1) is 21.8. The van der Waals surface area contributed by atoms with Crippen LogP contribution in [0, 0.1) is 11.8 Å². The number of amides is 2. The summed E-state index contributed by atoms with van der Waals surface area (Å²) in [4.78, 5) is 14.7. The highest BCUT2D eigenvalue weighted by atomic mass is 16.2. The minimum Gasteiger partial charge on any atom is -0.335 e. The fourth-order valence-corrected chi connectivity index (χ4v) is 4.93. The van der Waals surface area contributed by atoms with Crippen LogP contribution in [0.25, 0.3) is 0 Å². The number of piperidine rings is 1. The number of hydrogen-bond acceptors (Lipinski definition) is 6. The molecule has 0 aromatic heterocycles. The Morgan fingerprint density at radius 2 is 1.93 bits per heavy atom. The molecule has 2 heterocycles. The molecule has 1 aliphatic carbocycles. The van der Waals surface area contributed by atoms with Gasteiger partial charge in [-0.3, -0.25) is 10.6 Å². The average molecular weight is 396 g/mol. The third-order valence-corrected chi connectivity index (χ3v) is 6.43. The first-order valence-electron chi connectivity index (χ1n) is 11.2. The number of nitrogens with zero attached hydrogens (tertiary/aromatic N) is 1. The standard InChI is InChI=1S/C20H41N7O/c1-14-11-18(22-8-4-10-27(2)3)25-19(23-14)26-20(28)24-17-6-5-16-13-21-9-7-15(16)12-17/h14-19,21-23,25H,4-13H2,1-3H3,(H2,24,26,28). The normalized spacial score (nSPS) is 36.0. The average Bonchev–Trinajstić information content (AvgIpc) is 2.64. The van der Waals surface area contributed by atoms with E-state index in [4.69, 9.17) is 0 Å². The quantitative estimate of drug-likeness (QED) is 0.345. The predicted octanol–water partition coefficient (Wildman–Crippen LogP) is 0.186. The Labute approximate surface area is 170 Å². The van der Waals surface area contributed by atoms with Crippen molar-refractivity contribution < 1.29 is 4.79 Å². The number of hydrogen-bond donors (Lipinski definition) is 6. The van der Waals surface area contributed by atoms with Gasteiger partial charge in [0.2, 0.25) is 0 Å². The monoisotopic (exact) mass is 395 g/mol. The van der Waals surface area contributed by atoms with Crippen LogP contribution in [0.15, 0.2) is 0 Å². The zero-order chi connectivity index (χ0) is 19.9. The lowest BCUT2D eigenvalue weighted by molar-refractivity contribution is 0.151. The molecular formula is C20H41N7O. The van der Waals surface area contributed by atoms with Crippen LogP contribution in [-0.4, -0.2) is 75.7 Å². The second-order valence-corrected chi connectivity index (χ2v) is 9.21. The van der Waals surface area contributed by atoms with Crippen molar-refractivity contribution in [2.75, 3.05) is 40.3 Å². The third-order valence-electron chi connectivity index (χ3n) is 6.43. The number of nitrogens with one attached hydrogen (secondary N) is 6. The van der Waals surface area contributed by atoms with Crippen molar-refractivity contribution in [3.8, 4) is 0 Å². The molecule has 2 saturated heterocycles. The van der Waals surface area contributed by atoms with E-state index >= 15 is 0 Å². The van der Waals surface area contributed by atoms with Gasteiger partial charge in [-0.25, -0.2) is 4.79 Å². The van der Waals surface area contributed by atoms with Gasteiger partial charge in [-0.05, 0) is 97.6 Å². The molecule has 6 unspecified atom stereocenters. The van der Waals surface area contributed by atoms with E-state index < -0.39 is 0 Å². The van der Waals surface area contributed by atoms with Gasteiger partial charge in [0.25, 0.3) is 0 Å². The zero-order valence-electron chi connectivity index (χ0n) is 17.9. The van der Waals surface area contributed by atoms with E-state index in [0.717, 1.165) is 63.7 Å². The van der Waals surface area contributed by atoms with Gasteiger partial charge < -0.3 is 26.2 Å². The number of urea groups is 1. The van der Waals surface area contributed by atoms with E-state index in [1.165, 1.54) is 12.8 Å². The number of rotatable bonds is 7. The van der Waals surface area contributed by atoms with Crippen molar-refractivity contribution in [3.05, 3.63) is 0 Å². The molecule has 0 bridgehead atoms. The Morgan fingerprint density at radius 1 is 1.07 bits per heavy atom. The topological polar surface area (TPSA) is 92.5 Å². The van der Waals surface area contributed by atoms with Crippen molar-refractivity contribution >= 4 is 6.03 Å². The maximum atomic E-state index is 12.5. The van der Waals surface area contributed by atoms with Gasteiger partial charge in [-0.15, -0.1) is 0 Å². The number of fused-ring (bicyclic) bond motifs is 1. The van der Waals surface area contributed by atoms with Gasteiger partial charge in [0, 0.05) is 12.1 Å². The first-order valence-corrected chi connectivity index (χ1v) is 11.2. The van der Waals surface area contributed by atoms with Crippen LogP contribution in [-0.2, 0) is 0 Å². The van der Waals surface area contributed by atoms with Crippen LogP contribution in [0.5, 0.6) is 0 Å². The molecule has 3 rings (SSSR count). The lowest BCUT2D eigenvalue weighted by Gasteiger charge is -2.40. The summed E-state index contributed by atoms with van der Waals surface area (Å²) in [7, 11) is 4.20. The Bertz CT molecular complexity index is 489. The van der Waals surface area contributed by atoms with Crippen molar-refractivity contribution in [2.45, 2.75) is 70.0 Å². The molecule has 8 heteroatoms. The summed E-state index contributed by atoms with van der Waals surface area (Å²) in [6, 6.07) is 0.589. The maximum Gasteiger partial charge on any atom is 0.317 e. The second kappa shape index (κ2) is 10.7. The van der Waals surface area contributed by atoms with E-state index in [1.807, 2.05) is 0 Å². The summed E-state index contributed by atoms with van der Waals surface area (Å²) in [6.45, 7) is 6.50. The molecule has 28 heavy (non-hydrogen) atoms. The highest BCUT2D eigenvalue weighted by Gasteiger charge is 2.33. The summed E-state index contributed by atoms with van der Waals surface area (Å²) < 4.78 is 0. The van der Waals surface area contributed by atoms with Crippen LogP contribution < -0.4 is 31.9 Å². The molecule has 0 radical (unpaired) electrons. The SMILES string of the molecule is CC1CC(NCCCN(C)C)NC(NC(=O)NC2CCC3CNCCC3C2)N1. The molecule has 8 nitrogen and oxygen atoms in total. The highest BCUT2D eigenvalue weighted by Crippen LogP contribution is 2.33. The summed E-state index contributed by atoms with van der Waals surface area (Å²) in [5, 5.41) is 20.3. The van der Waals surface area contributed by atoms with Gasteiger partial charge >= 0.3 is 6.03 Å². The van der Waals surface area contributed by atoms with Crippen LogP contribution in [0.3, 0.4) is 0 Å². The Kier molecular flexibility index (Phi) is 8.35. The third kappa shape index (κ3) is 6.84. The van der Waals surface area contributed by atoms with Crippen molar-refractivity contribution in [1.82, 2.24) is 36.8 Å². The predicted molar refractivity (Wildman–Crippen MR) is 113 cm³/mol. The molecule has 6 atom stereocenters. The molecule has 0 aromatic rings. The van der Waals surface area contributed by atoms with E-state index in [-0.39, 0.29) is 18.5 Å².